The lowest BCUT2D eigenvalue weighted by Crippen LogP contribution is -1.95. The molecule has 4 heteroatoms. The van der Waals surface area contributed by atoms with Crippen molar-refractivity contribution in [1.82, 2.24) is 4.98 Å². The number of nitriles is 1. The van der Waals surface area contributed by atoms with Crippen LogP contribution in [0.2, 0.25) is 0 Å². The summed E-state index contributed by atoms with van der Waals surface area (Å²) < 4.78 is 6.81. The van der Waals surface area contributed by atoms with E-state index in [1.807, 2.05) is 32.9 Å². The summed E-state index contributed by atoms with van der Waals surface area (Å²) in [6.45, 7) is 5.86. The molecule has 0 unspecified atom stereocenters. The van der Waals surface area contributed by atoms with Crippen LogP contribution in [0.25, 0.3) is 0 Å². The van der Waals surface area contributed by atoms with Crippen molar-refractivity contribution in [2.45, 2.75) is 20.8 Å². The maximum absolute atomic E-state index is 9.06. The van der Waals surface area contributed by atoms with E-state index in [-0.39, 0.29) is 0 Å². The molecule has 0 saturated carbocycles. The second-order valence-corrected chi connectivity index (χ2v) is 5.18. The van der Waals surface area contributed by atoms with Gasteiger partial charge in [0.05, 0.1) is 0 Å². The zero-order valence-corrected chi connectivity index (χ0v) is 12.6. The van der Waals surface area contributed by atoms with Gasteiger partial charge >= 0.3 is 0 Å². The van der Waals surface area contributed by atoms with Crippen LogP contribution in [0, 0.1) is 32.1 Å². The first-order valence-corrected chi connectivity index (χ1v) is 6.63. The van der Waals surface area contributed by atoms with Crippen LogP contribution in [0.15, 0.2) is 28.7 Å². The maximum Gasteiger partial charge on any atom is 0.237 e. The molecule has 0 aliphatic carbocycles. The number of aromatic nitrogens is 1. The van der Waals surface area contributed by atoms with Crippen molar-refractivity contribution in [1.29, 1.82) is 5.26 Å². The van der Waals surface area contributed by atoms with Crippen molar-refractivity contribution in [2.75, 3.05) is 0 Å². The van der Waals surface area contributed by atoms with E-state index in [9.17, 15) is 0 Å². The van der Waals surface area contributed by atoms with Crippen molar-refractivity contribution < 1.29 is 4.74 Å². The number of hydrogen-bond acceptors (Lipinski definition) is 3. The van der Waals surface area contributed by atoms with E-state index in [1.54, 1.807) is 12.1 Å². The molecule has 1 aromatic carbocycles. The molecule has 0 aliphatic rings. The molecule has 0 atom stereocenters. The number of pyridine rings is 1. The predicted molar refractivity (Wildman–Crippen MR) is 77.4 cm³/mol. The van der Waals surface area contributed by atoms with E-state index >= 15 is 0 Å². The van der Waals surface area contributed by atoms with Gasteiger partial charge in [-0.15, -0.1) is 0 Å². The number of aryl methyl sites for hydroxylation is 3. The summed E-state index contributed by atoms with van der Waals surface area (Å²) in [5.74, 6) is 1.04. The minimum Gasteiger partial charge on any atom is -0.438 e. The summed E-state index contributed by atoms with van der Waals surface area (Å²) in [4.78, 5) is 4.26. The van der Waals surface area contributed by atoms with Gasteiger partial charge in [0.1, 0.15) is 17.4 Å². The van der Waals surface area contributed by atoms with Crippen molar-refractivity contribution in [3.05, 3.63) is 51.1 Å². The van der Waals surface area contributed by atoms with E-state index < -0.39 is 0 Å². The first kappa shape index (κ1) is 13.6. The van der Waals surface area contributed by atoms with Gasteiger partial charge in [-0.05, 0) is 56.2 Å². The molecule has 0 bridgehead atoms. The Balaban J connectivity index is 2.42. The normalized spacial score (nSPS) is 10.1. The monoisotopic (exact) mass is 316 g/mol. The Morgan fingerprint density at radius 2 is 1.79 bits per heavy atom. The fourth-order valence-electron chi connectivity index (χ4n) is 1.77. The number of benzene rings is 1. The summed E-state index contributed by atoms with van der Waals surface area (Å²) in [6.07, 6.45) is 0. The maximum atomic E-state index is 9.06. The SMILES string of the molecule is Cc1ccc(C#N)c(Oc2cc(C)c(Br)c(C)c2)n1. The molecular weight excluding hydrogens is 304 g/mol. The second-order valence-electron chi connectivity index (χ2n) is 4.39. The number of hydrogen-bond donors (Lipinski definition) is 0. The summed E-state index contributed by atoms with van der Waals surface area (Å²) in [6, 6.07) is 9.44. The van der Waals surface area contributed by atoms with Crippen LogP contribution in [-0.4, -0.2) is 4.98 Å². The van der Waals surface area contributed by atoms with Crippen LogP contribution in [0.4, 0.5) is 0 Å². The van der Waals surface area contributed by atoms with Gasteiger partial charge in [-0.3, -0.25) is 0 Å². The highest BCUT2D eigenvalue weighted by Gasteiger charge is 2.09. The lowest BCUT2D eigenvalue weighted by Gasteiger charge is -2.10. The molecule has 96 valence electrons. The third-order valence-corrected chi connectivity index (χ3v) is 4.00. The number of halogens is 1. The third-order valence-electron chi connectivity index (χ3n) is 2.74. The van der Waals surface area contributed by atoms with Crippen molar-refractivity contribution >= 4 is 15.9 Å². The van der Waals surface area contributed by atoms with Gasteiger partial charge in [0.25, 0.3) is 0 Å². The van der Waals surface area contributed by atoms with E-state index in [0.29, 0.717) is 17.2 Å². The fourth-order valence-corrected chi connectivity index (χ4v) is 2.00. The first-order valence-electron chi connectivity index (χ1n) is 5.83. The molecule has 0 fully saturated rings. The molecule has 3 nitrogen and oxygen atoms in total. The van der Waals surface area contributed by atoms with Crippen LogP contribution in [-0.2, 0) is 0 Å². The summed E-state index contributed by atoms with van der Waals surface area (Å²) >= 11 is 3.51. The Hall–Kier alpha value is -1.86. The number of ether oxygens (including phenoxy) is 1. The quantitative estimate of drug-likeness (QED) is 0.823. The highest BCUT2D eigenvalue weighted by molar-refractivity contribution is 9.10. The average Bonchev–Trinajstić information content (AvgIpc) is 2.36. The Morgan fingerprint density at radius 1 is 1.16 bits per heavy atom. The minimum atomic E-state index is 0.351. The van der Waals surface area contributed by atoms with Crippen LogP contribution in [0.3, 0.4) is 0 Å². The molecule has 19 heavy (non-hydrogen) atoms. The molecular formula is C15H13BrN2O. The van der Waals surface area contributed by atoms with Crippen LogP contribution < -0.4 is 4.74 Å². The van der Waals surface area contributed by atoms with Crippen LogP contribution >= 0.6 is 15.9 Å². The lowest BCUT2D eigenvalue weighted by atomic mass is 10.1. The van der Waals surface area contributed by atoms with Crippen LogP contribution in [0.1, 0.15) is 22.4 Å². The van der Waals surface area contributed by atoms with E-state index in [0.717, 1.165) is 21.3 Å². The molecule has 0 radical (unpaired) electrons. The minimum absolute atomic E-state index is 0.351. The molecule has 1 heterocycles. The standard InChI is InChI=1S/C15H13BrN2O/c1-9-6-13(7-10(2)14(9)16)19-15-12(8-17)5-4-11(3)18-15/h4-7H,1-3H3. The van der Waals surface area contributed by atoms with Gasteiger partial charge in [0.15, 0.2) is 0 Å². The Labute approximate surface area is 121 Å². The highest BCUT2D eigenvalue weighted by atomic mass is 79.9. The molecule has 0 saturated heterocycles. The van der Waals surface area contributed by atoms with Gasteiger partial charge in [0.2, 0.25) is 5.88 Å². The third kappa shape index (κ3) is 2.94. The number of rotatable bonds is 2. The van der Waals surface area contributed by atoms with E-state index in [2.05, 4.69) is 27.0 Å². The lowest BCUT2D eigenvalue weighted by molar-refractivity contribution is 0.459. The van der Waals surface area contributed by atoms with Crippen molar-refractivity contribution in [3.63, 3.8) is 0 Å². The van der Waals surface area contributed by atoms with E-state index in [1.165, 1.54) is 0 Å². The zero-order chi connectivity index (χ0) is 14.0. The predicted octanol–water partition coefficient (Wildman–Crippen LogP) is 4.43. The molecule has 2 aromatic rings. The molecule has 2 rings (SSSR count). The second kappa shape index (κ2) is 5.41. The van der Waals surface area contributed by atoms with Gasteiger partial charge in [-0.2, -0.15) is 5.26 Å². The topological polar surface area (TPSA) is 45.9 Å². The van der Waals surface area contributed by atoms with Gasteiger partial charge in [-0.1, -0.05) is 15.9 Å². The summed E-state index contributed by atoms with van der Waals surface area (Å²) in [7, 11) is 0. The van der Waals surface area contributed by atoms with Gasteiger partial charge in [0, 0.05) is 10.2 Å². The van der Waals surface area contributed by atoms with Crippen molar-refractivity contribution in [2.24, 2.45) is 0 Å². The van der Waals surface area contributed by atoms with E-state index in [4.69, 9.17) is 10.00 Å². The zero-order valence-electron chi connectivity index (χ0n) is 11.0. The molecule has 0 aliphatic heterocycles. The van der Waals surface area contributed by atoms with Crippen LogP contribution in [0.5, 0.6) is 11.6 Å². The van der Waals surface area contributed by atoms with Gasteiger partial charge < -0.3 is 4.74 Å². The fraction of sp³-hybridized carbons (Fsp3) is 0.200. The van der Waals surface area contributed by atoms with Gasteiger partial charge in [-0.25, -0.2) is 4.98 Å². The average molecular weight is 317 g/mol. The Morgan fingerprint density at radius 3 is 2.37 bits per heavy atom. The summed E-state index contributed by atoms with van der Waals surface area (Å²) in [5.41, 5.74) is 3.42. The largest absolute Gasteiger partial charge is 0.438 e. The smallest absolute Gasteiger partial charge is 0.237 e. The molecule has 1 aromatic heterocycles. The van der Waals surface area contributed by atoms with Crippen molar-refractivity contribution in [3.8, 4) is 17.7 Å². The molecule has 0 spiro atoms. The Bertz CT molecular complexity index is 651. The summed E-state index contributed by atoms with van der Waals surface area (Å²) in [5, 5.41) is 9.06. The number of nitrogens with zero attached hydrogens (tertiary/aromatic N) is 2. The molecule has 0 N–H and O–H groups in total. The first-order chi connectivity index (χ1) is 9.01. The highest BCUT2D eigenvalue weighted by Crippen LogP contribution is 2.30. The Kier molecular flexibility index (Phi) is 3.87. The molecule has 0 amide bonds.